The highest BCUT2D eigenvalue weighted by atomic mass is 32.2. The summed E-state index contributed by atoms with van der Waals surface area (Å²) in [6, 6.07) is 0. The number of esters is 1. The molecule has 0 fully saturated rings. The lowest BCUT2D eigenvalue weighted by atomic mass is 9.99. The van der Waals surface area contributed by atoms with Crippen molar-refractivity contribution in [3.8, 4) is 5.88 Å². The van der Waals surface area contributed by atoms with Crippen LogP contribution in [-0.4, -0.2) is 51.3 Å². The molecule has 160 valence electrons. The van der Waals surface area contributed by atoms with E-state index in [1.165, 1.54) is 19.6 Å². The molecule has 0 aliphatic rings. The molecule has 0 aromatic carbocycles. The molecule has 9 nitrogen and oxygen atoms in total. The van der Waals surface area contributed by atoms with E-state index in [2.05, 4.69) is 15.0 Å². The van der Waals surface area contributed by atoms with Crippen LogP contribution in [0.4, 0.5) is 5.69 Å². The van der Waals surface area contributed by atoms with Crippen LogP contribution in [0.3, 0.4) is 0 Å². The van der Waals surface area contributed by atoms with Crippen LogP contribution in [0.2, 0.25) is 0 Å². The van der Waals surface area contributed by atoms with Crippen LogP contribution in [0, 0.1) is 5.92 Å². The molecule has 4 N–H and O–H groups in total. The number of hydrogen-bond donors (Lipinski definition) is 1. The zero-order valence-corrected chi connectivity index (χ0v) is 18.6. The number of aromatic nitrogens is 2. The summed E-state index contributed by atoms with van der Waals surface area (Å²) in [7, 11) is 0.102. The monoisotopic (exact) mass is 416 g/mol. The maximum atomic E-state index is 11.9. The maximum absolute atomic E-state index is 11.9. The normalized spacial score (nSPS) is 12.8. The van der Waals surface area contributed by atoms with E-state index in [4.69, 9.17) is 15.2 Å². The minimum Gasteiger partial charge on any atom is -0.479 e. The molecule has 0 aliphatic heterocycles. The summed E-state index contributed by atoms with van der Waals surface area (Å²) in [5.74, 6) is -0.424. The van der Waals surface area contributed by atoms with E-state index in [9.17, 15) is 9.00 Å². The van der Waals surface area contributed by atoms with Crippen LogP contribution in [0.25, 0.3) is 0 Å². The van der Waals surface area contributed by atoms with Gasteiger partial charge in [0.1, 0.15) is 11.4 Å². The van der Waals surface area contributed by atoms with E-state index in [1.54, 1.807) is 13.8 Å². The van der Waals surface area contributed by atoms with Crippen molar-refractivity contribution in [2.24, 2.45) is 16.6 Å². The standard InChI is InChI=1S/C16H24N4O4S.C2H6.H2O/c1-7-24-15(21)12(17)10(4)13(9(2)3)19-11-8-18-16(25(6)22)20-14(11)23-5;1-2;/h8-9H,7,17H2,1-6H3;1-2H3;1H2/b12-10-,19-13?;;. The van der Waals surface area contributed by atoms with Gasteiger partial charge in [-0.2, -0.15) is 4.98 Å². The molecule has 1 rings (SSSR count). The van der Waals surface area contributed by atoms with Gasteiger partial charge in [0.05, 0.1) is 30.7 Å². The Hall–Kier alpha value is -2.33. The third-order valence-corrected chi connectivity index (χ3v) is 3.95. The fourth-order valence-electron chi connectivity index (χ4n) is 1.99. The zero-order valence-electron chi connectivity index (χ0n) is 17.8. The number of ether oxygens (including phenoxy) is 2. The number of nitrogens with zero attached hydrogens (tertiary/aromatic N) is 3. The van der Waals surface area contributed by atoms with E-state index in [-0.39, 0.29) is 34.7 Å². The van der Waals surface area contributed by atoms with Crippen molar-refractivity contribution in [3.05, 3.63) is 17.5 Å². The number of methoxy groups -OCH3 is 1. The maximum Gasteiger partial charge on any atom is 0.354 e. The number of nitrogens with two attached hydrogens (primary N) is 1. The van der Waals surface area contributed by atoms with Gasteiger partial charge in [-0.1, -0.05) is 27.7 Å². The van der Waals surface area contributed by atoms with E-state index < -0.39 is 16.8 Å². The minimum absolute atomic E-state index is 0. The Kier molecular flexibility index (Phi) is 13.7. The Morgan fingerprint density at radius 3 is 2.36 bits per heavy atom. The van der Waals surface area contributed by atoms with Crippen LogP contribution < -0.4 is 10.5 Å². The van der Waals surface area contributed by atoms with Gasteiger partial charge in [-0.15, -0.1) is 0 Å². The summed E-state index contributed by atoms with van der Waals surface area (Å²) >= 11 is 0. The third-order valence-electron chi connectivity index (χ3n) is 3.24. The highest BCUT2D eigenvalue weighted by Crippen LogP contribution is 2.27. The van der Waals surface area contributed by atoms with Crippen molar-refractivity contribution in [1.82, 2.24) is 9.97 Å². The van der Waals surface area contributed by atoms with Crippen LogP contribution in [0.15, 0.2) is 27.6 Å². The van der Waals surface area contributed by atoms with Gasteiger partial charge in [0.2, 0.25) is 11.0 Å². The smallest absolute Gasteiger partial charge is 0.354 e. The van der Waals surface area contributed by atoms with Gasteiger partial charge in [0.25, 0.3) is 0 Å². The summed E-state index contributed by atoms with van der Waals surface area (Å²) in [6.45, 7) is 11.5. The first-order valence-corrected chi connectivity index (χ1v) is 10.3. The fraction of sp³-hybridized carbons (Fsp3) is 0.556. The molecule has 1 unspecified atom stereocenters. The van der Waals surface area contributed by atoms with Crippen molar-refractivity contribution in [3.63, 3.8) is 0 Å². The van der Waals surface area contributed by atoms with Crippen molar-refractivity contribution >= 4 is 28.2 Å². The Bertz CT molecular complexity index is 733. The van der Waals surface area contributed by atoms with E-state index in [0.717, 1.165) is 0 Å². The molecule has 1 aromatic rings. The van der Waals surface area contributed by atoms with Crippen molar-refractivity contribution in [2.75, 3.05) is 20.0 Å². The summed E-state index contributed by atoms with van der Waals surface area (Å²) in [5, 5.41) is 0.153. The molecule has 0 bridgehead atoms. The lowest BCUT2D eigenvalue weighted by Gasteiger charge is -2.14. The van der Waals surface area contributed by atoms with E-state index in [1.807, 2.05) is 27.7 Å². The summed E-state index contributed by atoms with van der Waals surface area (Å²) in [6.07, 6.45) is 2.91. The molecule has 10 heteroatoms. The molecule has 0 aliphatic carbocycles. The first-order valence-electron chi connectivity index (χ1n) is 8.69. The van der Waals surface area contributed by atoms with Gasteiger partial charge in [-0.3, -0.25) is 4.21 Å². The number of rotatable bonds is 7. The lowest BCUT2D eigenvalue weighted by Crippen LogP contribution is -2.21. The first-order chi connectivity index (χ1) is 12.7. The highest BCUT2D eigenvalue weighted by Gasteiger charge is 2.18. The molecule has 0 saturated carbocycles. The zero-order chi connectivity index (χ0) is 21.1. The molecular weight excluding hydrogens is 384 g/mol. The van der Waals surface area contributed by atoms with Gasteiger partial charge in [-0.05, 0) is 19.8 Å². The van der Waals surface area contributed by atoms with E-state index in [0.29, 0.717) is 17.0 Å². The second kappa shape index (κ2) is 13.8. The summed E-state index contributed by atoms with van der Waals surface area (Å²) in [5.41, 5.74) is 7.35. The molecule has 0 saturated heterocycles. The SMILES string of the molecule is CC.CCOC(=O)/C(N)=C(\C)C(=Nc1cnc(S(C)=O)nc1OC)C(C)C.O. The van der Waals surface area contributed by atoms with Gasteiger partial charge in [-0.25, -0.2) is 14.8 Å². The van der Waals surface area contributed by atoms with Crippen LogP contribution >= 0.6 is 0 Å². The number of aliphatic imine (C=N–C) groups is 1. The molecule has 1 aromatic heterocycles. The number of carbonyl (C=O) groups excluding carboxylic acids is 1. The summed E-state index contributed by atoms with van der Waals surface area (Å²) < 4.78 is 21.7. The molecule has 0 radical (unpaired) electrons. The molecule has 1 heterocycles. The molecule has 28 heavy (non-hydrogen) atoms. The first kappa shape index (κ1) is 27.9. The molecular formula is C18H32N4O5S. The largest absolute Gasteiger partial charge is 0.479 e. The Balaban J connectivity index is 0. The molecule has 1 atom stereocenters. The van der Waals surface area contributed by atoms with E-state index >= 15 is 0 Å². The Morgan fingerprint density at radius 1 is 1.36 bits per heavy atom. The third kappa shape index (κ3) is 7.73. The average molecular weight is 417 g/mol. The van der Waals surface area contributed by atoms with Crippen molar-refractivity contribution in [1.29, 1.82) is 0 Å². The average Bonchev–Trinajstić information content (AvgIpc) is 2.66. The second-order valence-electron chi connectivity index (χ2n) is 5.41. The minimum atomic E-state index is -1.34. The fourth-order valence-corrected chi connectivity index (χ4v) is 2.40. The lowest BCUT2D eigenvalue weighted by molar-refractivity contribution is -0.138. The Morgan fingerprint density at radius 2 is 1.93 bits per heavy atom. The summed E-state index contributed by atoms with van der Waals surface area (Å²) in [4.78, 5) is 24.5. The van der Waals surface area contributed by atoms with Crippen molar-refractivity contribution in [2.45, 2.75) is 46.7 Å². The number of carbonyl (C=O) groups is 1. The predicted octanol–water partition coefficient (Wildman–Crippen LogP) is 1.95. The topological polar surface area (TPSA) is 148 Å². The highest BCUT2D eigenvalue weighted by molar-refractivity contribution is 7.84. The molecule has 0 spiro atoms. The van der Waals surface area contributed by atoms with Crippen molar-refractivity contribution < 1.29 is 24.0 Å². The molecule has 0 amide bonds. The quantitative estimate of drug-likeness (QED) is 0.309. The number of allylic oxidation sites excluding steroid dienone is 1. The van der Waals surface area contributed by atoms with Crippen LogP contribution in [0.1, 0.15) is 41.5 Å². The van der Waals surface area contributed by atoms with Gasteiger partial charge in [0.15, 0.2) is 0 Å². The second-order valence-corrected chi connectivity index (χ2v) is 6.69. The number of hydrogen-bond acceptors (Lipinski definition) is 8. The Labute approximate surface area is 169 Å². The van der Waals surface area contributed by atoms with Gasteiger partial charge >= 0.3 is 5.97 Å². The predicted molar refractivity (Wildman–Crippen MR) is 111 cm³/mol. The van der Waals surface area contributed by atoms with Crippen LogP contribution in [-0.2, 0) is 20.3 Å². The van der Waals surface area contributed by atoms with Crippen LogP contribution in [0.5, 0.6) is 5.88 Å². The van der Waals surface area contributed by atoms with Gasteiger partial charge < -0.3 is 20.7 Å². The van der Waals surface area contributed by atoms with Gasteiger partial charge in [0, 0.05) is 17.5 Å².